The molecule has 2 aromatic rings. The summed E-state index contributed by atoms with van der Waals surface area (Å²) in [5, 5.41) is 0. The van der Waals surface area contributed by atoms with E-state index in [0.29, 0.717) is 25.8 Å². The lowest BCUT2D eigenvalue weighted by Crippen LogP contribution is -2.48. The first-order chi connectivity index (χ1) is 13.8. The van der Waals surface area contributed by atoms with Crippen molar-refractivity contribution in [2.45, 2.75) is 17.5 Å². The lowest BCUT2D eigenvalue weighted by molar-refractivity contribution is -0.137. The zero-order chi connectivity index (χ0) is 20.9. The van der Waals surface area contributed by atoms with Crippen molar-refractivity contribution in [2.75, 3.05) is 39.3 Å². The first-order valence-electron chi connectivity index (χ1n) is 9.34. The second-order valence-electron chi connectivity index (χ2n) is 6.79. The third-order valence-electron chi connectivity index (χ3n) is 4.76. The molecule has 0 aromatic heterocycles. The largest absolute Gasteiger partial charge is 0.494 e. The van der Waals surface area contributed by atoms with Crippen molar-refractivity contribution < 1.29 is 26.3 Å². The van der Waals surface area contributed by atoms with Crippen molar-refractivity contribution in [1.29, 1.82) is 0 Å². The second-order valence-corrected chi connectivity index (χ2v) is 8.72. The van der Waals surface area contributed by atoms with Crippen LogP contribution in [-0.2, 0) is 16.2 Å². The van der Waals surface area contributed by atoms with Gasteiger partial charge in [0.15, 0.2) is 0 Å². The summed E-state index contributed by atoms with van der Waals surface area (Å²) < 4.78 is 71.0. The van der Waals surface area contributed by atoms with Crippen LogP contribution in [0.25, 0.3) is 0 Å². The van der Waals surface area contributed by atoms with Gasteiger partial charge in [0.2, 0.25) is 10.0 Å². The molecule has 1 aliphatic rings. The normalized spacial score (nSPS) is 16.7. The van der Waals surface area contributed by atoms with Crippen LogP contribution in [0.3, 0.4) is 0 Å². The zero-order valence-corrected chi connectivity index (χ0v) is 16.6. The number of hydrogen-bond donors (Lipinski definition) is 0. The fourth-order valence-corrected chi connectivity index (χ4v) is 4.64. The molecule has 29 heavy (non-hydrogen) atoms. The summed E-state index contributed by atoms with van der Waals surface area (Å²) in [6.07, 6.45) is -3.78. The Hall–Kier alpha value is -2.10. The number of ether oxygens (including phenoxy) is 1. The molecule has 5 nitrogen and oxygen atoms in total. The van der Waals surface area contributed by atoms with Crippen LogP contribution < -0.4 is 4.74 Å². The standard InChI is InChI=1S/C20H23F3N2O3S/c21-20(22,23)17-6-4-9-19(16-17)29(26,27)25-13-11-24(12-14-25)10-5-15-28-18-7-2-1-3-8-18/h1-4,6-9,16H,5,10-15H2. The minimum atomic E-state index is -4.58. The molecule has 0 atom stereocenters. The van der Waals surface area contributed by atoms with Crippen molar-refractivity contribution in [3.05, 3.63) is 60.2 Å². The summed E-state index contributed by atoms with van der Waals surface area (Å²) in [4.78, 5) is 1.81. The predicted molar refractivity (Wildman–Crippen MR) is 103 cm³/mol. The van der Waals surface area contributed by atoms with Crippen molar-refractivity contribution in [2.24, 2.45) is 0 Å². The molecule has 3 rings (SSSR count). The highest BCUT2D eigenvalue weighted by molar-refractivity contribution is 7.89. The third-order valence-corrected chi connectivity index (χ3v) is 6.66. The molecule has 9 heteroatoms. The number of rotatable bonds is 7. The molecular weight excluding hydrogens is 405 g/mol. The van der Waals surface area contributed by atoms with Gasteiger partial charge >= 0.3 is 6.18 Å². The van der Waals surface area contributed by atoms with E-state index in [4.69, 9.17) is 4.74 Å². The van der Waals surface area contributed by atoms with Gasteiger partial charge in [-0.3, -0.25) is 0 Å². The van der Waals surface area contributed by atoms with E-state index in [9.17, 15) is 21.6 Å². The summed E-state index contributed by atoms with van der Waals surface area (Å²) in [6.45, 7) is 2.89. The quantitative estimate of drug-likeness (QED) is 0.634. The van der Waals surface area contributed by atoms with Gasteiger partial charge < -0.3 is 9.64 Å². The molecule has 1 saturated heterocycles. The Bertz CT molecular complexity index is 897. The number of para-hydroxylation sites is 1. The minimum Gasteiger partial charge on any atom is -0.494 e. The lowest BCUT2D eigenvalue weighted by Gasteiger charge is -2.34. The Morgan fingerprint density at radius 2 is 1.62 bits per heavy atom. The summed E-state index contributed by atoms with van der Waals surface area (Å²) in [6, 6.07) is 13.4. The Labute approximate surface area is 168 Å². The molecular formula is C20H23F3N2O3S. The first-order valence-corrected chi connectivity index (χ1v) is 10.8. The number of benzene rings is 2. The van der Waals surface area contributed by atoms with E-state index in [1.54, 1.807) is 0 Å². The maximum Gasteiger partial charge on any atom is 0.416 e. The average molecular weight is 428 g/mol. The van der Waals surface area contributed by atoms with Crippen LogP contribution in [0.4, 0.5) is 13.2 Å². The Morgan fingerprint density at radius 3 is 2.28 bits per heavy atom. The molecule has 2 aromatic carbocycles. The molecule has 0 spiro atoms. The van der Waals surface area contributed by atoms with Gasteiger partial charge in [-0.1, -0.05) is 24.3 Å². The Morgan fingerprint density at radius 1 is 0.931 bits per heavy atom. The van der Waals surface area contributed by atoms with E-state index in [2.05, 4.69) is 4.90 Å². The molecule has 0 bridgehead atoms. The summed E-state index contributed by atoms with van der Waals surface area (Å²) in [5.41, 5.74) is -0.962. The number of halogens is 3. The van der Waals surface area contributed by atoms with Gasteiger partial charge in [-0.05, 0) is 36.8 Å². The third kappa shape index (κ3) is 5.71. The van der Waals surface area contributed by atoms with Crippen LogP contribution in [-0.4, -0.2) is 57.0 Å². The lowest BCUT2D eigenvalue weighted by atomic mass is 10.2. The molecule has 0 amide bonds. The van der Waals surface area contributed by atoms with E-state index in [1.807, 2.05) is 30.3 Å². The van der Waals surface area contributed by atoms with E-state index < -0.39 is 21.8 Å². The fraction of sp³-hybridized carbons (Fsp3) is 0.400. The summed E-state index contributed by atoms with van der Waals surface area (Å²) in [7, 11) is -3.95. The molecule has 1 aliphatic heterocycles. The molecule has 0 radical (unpaired) electrons. The number of hydrogen-bond acceptors (Lipinski definition) is 4. The van der Waals surface area contributed by atoms with Gasteiger partial charge in [0.05, 0.1) is 17.1 Å². The highest BCUT2D eigenvalue weighted by Gasteiger charge is 2.33. The number of alkyl halides is 3. The highest BCUT2D eigenvalue weighted by Crippen LogP contribution is 2.31. The topological polar surface area (TPSA) is 49.9 Å². The number of nitrogens with zero attached hydrogens (tertiary/aromatic N) is 2. The fourth-order valence-electron chi connectivity index (χ4n) is 3.17. The molecule has 0 N–H and O–H groups in total. The maximum absolute atomic E-state index is 12.9. The zero-order valence-electron chi connectivity index (χ0n) is 15.8. The Kier molecular flexibility index (Phi) is 6.81. The molecule has 1 heterocycles. The smallest absolute Gasteiger partial charge is 0.416 e. The van der Waals surface area contributed by atoms with Crippen LogP contribution in [0.15, 0.2) is 59.5 Å². The van der Waals surface area contributed by atoms with E-state index in [0.717, 1.165) is 30.8 Å². The van der Waals surface area contributed by atoms with E-state index >= 15 is 0 Å². The maximum atomic E-state index is 12.9. The van der Waals surface area contributed by atoms with Crippen LogP contribution in [0, 0.1) is 0 Å². The number of sulfonamides is 1. The van der Waals surface area contributed by atoms with Crippen molar-refractivity contribution in [3.63, 3.8) is 0 Å². The van der Waals surface area contributed by atoms with Crippen molar-refractivity contribution in [3.8, 4) is 5.75 Å². The number of piperazine rings is 1. The van der Waals surface area contributed by atoms with Crippen LogP contribution >= 0.6 is 0 Å². The predicted octanol–water partition coefficient (Wildman–Crippen LogP) is 3.48. The molecule has 0 aliphatic carbocycles. The summed E-state index contributed by atoms with van der Waals surface area (Å²) in [5.74, 6) is 0.810. The first kappa shape index (κ1) is 21.6. The minimum absolute atomic E-state index is 0.248. The molecule has 158 valence electrons. The van der Waals surface area contributed by atoms with Crippen molar-refractivity contribution in [1.82, 2.24) is 9.21 Å². The SMILES string of the molecule is O=S(=O)(c1cccc(C(F)(F)F)c1)N1CCN(CCCOc2ccccc2)CC1. The van der Waals surface area contributed by atoms with Crippen LogP contribution in [0.5, 0.6) is 5.75 Å². The van der Waals surface area contributed by atoms with Gasteiger partial charge in [0.1, 0.15) is 5.75 Å². The van der Waals surface area contributed by atoms with Crippen molar-refractivity contribution >= 4 is 10.0 Å². The van der Waals surface area contributed by atoms with Gasteiger partial charge in [0.25, 0.3) is 0 Å². The van der Waals surface area contributed by atoms with Gasteiger partial charge in [-0.25, -0.2) is 8.42 Å². The monoisotopic (exact) mass is 428 g/mol. The van der Waals surface area contributed by atoms with E-state index in [1.165, 1.54) is 10.4 Å². The average Bonchev–Trinajstić information content (AvgIpc) is 2.72. The molecule has 0 saturated carbocycles. The van der Waals surface area contributed by atoms with Crippen LogP contribution in [0.1, 0.15) is 12.0 Å². The molecule has 0 unspecified atom stereocenters. The van der Waals surface area contributed by atoms with Gasteiger partial charge in [-0.2, -0.15) is 17.5 Å². The highest BCUT2D eigenvalue weighted by atomic mass is 32.2. The van der Waals surface area contributed by atoms with E-state index in [-0.39, 0.29) is 18.0 Å². The second kappa shape index (κ2) is 9.15. The van der Waals surface area contributed by atoms with Gasteiger partial charge in [0, 0.05) is 32.7 Å². The Balaban J connectivity index is 1.49. The van der Waals surface area contributed by atoms with Crippen LogP contribution in [0.2, 0.25) is 0 Å². The summed E-state index contributed by atoms with van der Waals surface area (Å²) >= 11 is 0. The molecule has 1 fully saturated rings. The van der Waals surface area contributed by atoms with Gasteiger partial charge in [-0.15, -0.1) is 0 Å².